The van der Waals surface area contributed by atoms with Gasteiger partial charge in [0.2, 0.25) is 0 Å². The van der Waals surface area contributed by atoms with Gasteiger partial charge in [-0.1, -0.05) is 0 Å². The Balaban J connectivity index is 2.16. The molecular weight excluding hydrogens is 257 g/mol. The Hall–Kier alpha value is -1.88. The highest BCUT2D eigenvalue weighted by Crippen LogP contribution is 2.34. The molecule has 5 heteroatoms. The molecule has 0 amide bonds. The van der Waals surface area contributed by atoms with Crippen LogP contribution in [-0.2, 0) is 4.74 Å². The summed E-state index contributed by atoms with van der Waals surface area (Å²) in [5.41, 5.74) is 7.14. The summed E-state index contributed by atoms with van der Waals surface area (Å²) in [5, 5.41) is 0.785. The number of benzene rings is 1. The summed E-state index contributed by atoms with van der Waals surface area (Å²) in [6.07, 6.45) is 1.66. The molecular formula is C15H18FN3O. The maximum atomic E-state index is 14.4. The van der Waals surface area contributed by atoms with Crippen molar-refractivity contribution in [3.8, 4) is 0 Å². The number of aromatic nitrogens is 1. The Kier molecular flexibility index (Phi) is 3.01. The molecule has 2 aromatic rings. The van der Waals surface area contributed by atoms with Crippen LogP contribution in [0.25, 0.3) is 10.9 Å². The van der Waals surface area contributed by atoms with E-state index in [2.05, 4.69) is 4.98 Å². The maximum Gasteiger partial charge on any atom is 0.150 e. The lowest BCUT2D eigenvalue weighted by atomic mass is 10.0. The van der Waals surface area contributed by atoms with Crippen LogP contribution in [0.2, 0.25) is 0 Å². The molecule has 0 unspecified atom stereocenters. The lowest BCUT2D eigenvalue weighted by Crippen LogP contribution is -2.48. The fourth-order valence-corrected chi connectivity index (χ4v) is 2.73. The van der Waals surface area contributed by atoms with Gasteiger partial charge in [0.15, 0.2) is 5.82 Å². The predicted octanol–water partition coefficient (Wildman–Crippen LogP) is 2.57. The van der Waals surface area contributed by atoms with Crippen molar-refractivity contribution < 1.29 is 9.13 Å². The molecule has 20 heavy (non-hydrogen) atoms. The topological polar surface area (TPSA) is 51.4 Å². The molecule has 4 nitrogen and oxygen atoms in total. The van der Waals surface area contributed by atoms with Gasteiger partial charge in [0, 0.05) is 30.4 Å². The number of nitrogen functional groups attached to an aromatic ring is 1. The average Bonchev–Trinajstić information content (AvgIpc) is 2.37. The molecule has 1 aromatic heterocycles. The molecule has 2 heterocycles. The van der Waals surface area contributed by atoms with Crippen LogP contribution in [0.4, 0.5) is 15.8 Å². The van der Waals surface area contributed by atoms with Crippen molar-refractivity contribution in [1.82, 2.24) is 4.98 Å². The summed E-state index contributed by atoms with van der Waals surface area (Å²) < 4.78 is 20.1. The van der Waals surface area contributed by atoms with E-state index in [4.69, 9.17) is 10.5 Å². The first-order valence-electron chi connectivity index (χ1n) is 6.69. The van der Waals surface area contributed by atoms with Gasteiger partial charge in [0.25, 0.3) is 0 Å². The lowest BCUT2D eigenvalue weighted by Gasteiger charge is -2.39. The second-order valence-electron chi connectivity index (χ2n) is 5.73. The summed E-state index contributed by atoms with van der Waals surface area (Å²) in [4.78, 5) is 6.32. The summed E-state index contributed by atoms with van der Waals surface area (Å²) >= 11 is 0. The van der Waals surface area contributed by atoms with E-state index in [0.29, 0.717) is 36.6 Å². The summed E-state index contributed by atoms with van der Waals surface area (Å²) in [6.45, 7) is 5.86. The summed E-state index contributed by atoms with van der Waals surface area (Å²) in [5.74, 6) is -0.327. The predicted molar refractivity (Wildman–Crippen MR) is 78.4 cm³/mol. The van der Waals surface area contributed by atoms with Crippen molar-refractivity contribution in [2.75, 3.05) is 30.3 Å². The number of halogens is 1. The Morgan fingerprint density at radius 3 is 3.00 bits per heavy atom. The molecule has 1 fully saturated rings. The molecule has 0 aliphatic carbocycles. The number of ether oxygens (including phenoxy) is 1. The van der Waals surface area contributed by atoms with Crippen LogP contribution in [0.15, 0.2) is 24.4 Å². The highest BCUT2D eigenvalue weighted by atomic mass is 19.1. The number of fused-ring (bicyclic) bond motifs is 1. The Morgan fingerprint density at radius 1 is 1.45 bits per heavy atom. The van der Waals surface area contributed by atoms with Crippen LogP contribution in [-0.4, -0.2) is 30.3 Å². The number of nitrogens with zero attached hydrogens (tertiary/aromatic N) is 2. The molecule has 1 saturated heterocycles. The highest BCUT2D eigenvalue weighted by molar-refractivity contribution is 5.98. The number of hydrogen-bond donors (Lipinski definition) is 1. The lowest BCUT2D eigenvalue weighted by molar-refractivity contribution is -0.0277. The van der Waals surface area contributed by atoms with Crippen molar-refractivity contribution in [3.05, 3.63) is 30.2 Å². The summed E-state index contributed by atoms with van der Waals surface area (Å²) in [7, 11) is 0. The van der Waals surface area contributed by atoms with E-state index < -0.39 is 0 Å². The average molecular weight is 275 g/mol. The monoisotopic (exact) mass is 275 g/mol. The highest BCUT2D eigenvalue weighted by Gasteiger charge is 2.30. The molecule has 2 N–H and O–H groups in total. The molecule has 0 atom stereocenters. The van der Waals surface area contributed by atoms with E-state index in [1.54, 1.807) is 6.20 Å². The van der Waals surface area contributed by atoms with Crippen LogP contribution in [0, 0.1) is 5.82 Å². The van der Waals surface area contributed by atoms with Crippen molar-refractivity contribution in [3.63, 3.8) is 0 Å². The minimum Gasteiger partial charge on any atom is -0.398 e. The van der Waals surface area contributed by atoms with E-state index in [1.165, 1.54) is 6.07 Å². The van der Waals surface area contributed by atoms with Gasteiger partial charge in [-0.3, -0.25) is 4.98 Å². The van der Waals surface area contributed by atoms with Gasteiger partial charge in [0.1, 0.15) is 0 Å². The SMILES string of the molecule is CC1(C)CN(c2c(F)cc(N)c3cccnc23)CCO1. The fourth-order valence-electron chi connectivity index (χ4n) is 2.73. The molecule has 3 rings (SSSR count). The molecule has 1 aromatic carbocycles. The van der Waals surface area contributed by atoms with E-state index in [9.17, 15) is 4.39 Å². The first-order valence-corrected chi connectivity index (χ1v) is 6.69. The second-order valence-corrected chi connectivity index (χ2v) is 5.73. The third-order valence-corrected chi connectivity index (χ3v) is 3.59. The standard InChI is InChI=1S/C15H18FN3O/c1-15(2)9-19(6-7-20-15)14-11(16)8-12(17)10-4-3-5-18-13(10)14/h3-5,8H,6-7,9,17H2,1-2H3. The van der Waals surface area contributed by atoms with Gasteiger partial charge in [-0.25, -0.2) is 4.39 Å². The van der Waals surface area contributed by atoms with Crippen molar-refractivity contribution in [1.29, 1.82) is 0 Å². The van der Waals surface area contributed by atoms with Gasteiger partial charge in [-0.15, -0.1) is 0 Å². The molecule has 0 radical (unpaired) electrons. The molecule has 0 saturated carbocycles. The quantitative estimate of drug-likeness (QED) is 0.813. The van der Waals surface area contributed by atoms with Crippen LogP contribution >= 0.6 is 0 Å². The van der Waals surface area contributed by atoms with Gasteiger partial charge >= 0.3 is 0 Å². The van der Waals surface area contributed by atoms with Crippen LogP contribution in [0.3, 0.4) is 0 Å². The zero-order valence-electron chi connectivity index (χ0n) is 11.7. The number of morpholine rings is 1. The number of pyridine rings is 1. The van der Waals surface area contributed by atoms with Gasteiger partial charge in [0.05, 0.1) is 23.4 Å². The molecule has 1 aliphatic heterocycles. The Labute approximate surface area is 117 Å². The molecule has 0 spiro atoms. The van der Waals surface area contributed by atoms with Gasteiger partial charge in [-0.2, -0.15) is 0 Å². The van der Waals surface area contributed by atoms with E-state index in [0.717, 1.165) is 5.39 Å². The van der Waals surface area contributed by atoms with Crippen molar-refractivity contribution in [2.45, 2.75) is 19.4 Å². The normalized spacial score (nSPS) is 18.4. The Morgan fingerprint density at radius 2 is 2.25 bits per heavy atom. The van der Waals surface area contributed by atoms with Crippen LogP contribution in [0.5, 0.6) is 0 Å². The minimum atomic E-state index is -0.327. The first-order chi connectivity index (χ1) is 9.48. The maximum absolute atomic E-state index is 14.4. The van der Waals surface area contributed by atoms with Crippen molar-refractivity contribution in [2.24, 2.45) is 0 Å². The van der Waals surface area contributed by atoms with E-state index >= 15 is 0 Å². The summed E-state index contributed by atoms with van der Waals surface area (Å²) in [6, 6.07) is 5.05. The number of rotatable bonds is 1. The number of nitrogens with two attached hydrogens (primary N) is 1. The number of hydrogen-bond acceptors (Lipinski definition) is 4. The molecule has 106 valence electrons. The van der Waals surface area contributed by atoms with Gasteiger partial charge in [-0.05, 0) is 32.0 Å². The minimum absolute atomic E-state index is 0.298. The molecule has 1 aliphatic rings. The third kappa shape index (κ3) is 2.18. The Bertz CT molecular complexity index is 657. The number of anilines is 2. The first kappa shape index (κ1) is 13.1. The fraction of sp³-hybridized carbons (Fsp3) is 0.400. The van der Waals surface area contributed by atoms with E-state index in [-0.39, 0.29) is 11.4 Å². The van der Waals surface area contributed by atoms with Crippen LogP contribution in [0.1, 0.15) is 13.8 Å². The van der Waals surface area contributed by atoms with E-state index in [1.807, 2.05) is 30.9 Å². The van der Waals surface area contributed by atoms with Gasteiger partial charge < -0.3 is 15.4 Å². The molecule has 0 bridgehead atoms. The largest absolute Gasteiger partial charge is 0.398 e. The van der Waals surface area contributed by atoms with Crippen molar-refractivity contribution >= 4 is 22.3 Å². The second kappa shape index (κ2) is 4.59. The zero-order valence-corrected chi connectivity index (χ0v) is 11.7. The zero-order chi connectivity index (χ0) is 14.3. The smallest absolute Gasteiger partial charge is 0.150 e. The third-order valence-electron chi connectivity index (χ3n) is 3.59. The van der Waals surface area contributed by atoms with Crippen LogP contribution < -0.4 is 10.6 Å².